The summed E-state index contributed by atoms with van der Waals surface area (Å²) in [5, 5.41) is 0. The van der Waals surface area contributed by atoms with Crippen molar-refractivity contribution in [1.29, 1.82) is 0 Å². The van der Waals surface area contributed by atoms with E-state index >= 15 is 0 Å². The Morgan fingerprint density at radius 3 is 1.93 bits per heavy atom. The van der Waals surface area contributed by atoms with Gasteiger partial charge in [-0.3, -0.25) is 9.59 Å². The zero-order valence-electron chi connectivity index (χ0n) is 17.3. The van der Waals surface area contributed by atoms with Crippen LogP contribution in [0, 0.1) is 11.8 Å². The fourth-order valence-corrected chi connectivity index (χ4v) is 5.76. The van der Waals surface area contributed by atoms with E-state index in [1.807, 2.05) is 4.90 Å². The van der Waals surface area contributed by atoms with Crippen LogP contribution in [0.5, 0.6) is 0 Å². The molecule has 0 bridgehead atoms. The van der Waals surface area contributed by atoms with Crippen molar-refractivity contribution in [3.63, 3.8) is 0 Å². The van der Waals surface area contributed by atoms with Gasteiger partial charge in [0, 0.05) is 52.1 Å². The first-order valence-electron chi connectivity index (χ1n) is 10.4. The van der Waals surface area contributed by atoms with Gasteiger partial charge in [0.1, 0.15) is 0 Å². The lowest BCUT2D eigenvalue weighted by Gasteiger charge is -2.36. The lowest BCUT2D eigenvalue weighted by Crippen LogP contribution is -2.50. The highest BCUT2D eigenvalue weighted by molar-refractivity contribution is 7.89. The average Bonchev–Trinajstić information content (AvgIpc) is 2.71. The van der Waals surface area contributed by atoms with Gasteiger partial charge in [-0.25, -0.2) is 8.42 Å². The van der Waals surface area contributed by atoms with Crippen LogP contribution in [0.15, 0.2) is 35.2 Å². The summed E-state index contributed by atoms with van der Waals surface area (Å²) in [4.78, 5) is 28.8. The van der Waals surface area contributed by atoms with Crippen molar-refractivity contribution in [2.24, 2.45) is 11.8 Å². The van der Waals surface area contributed by atoms with Gasteiger partial charge in [0.15, 0.2) is 0 Å². The molecule has 0 N–H and O–H groups in total. The Morgan fingerprint density at radius 1 is 0.862 bits per heavy atom. The maximum atomic E-state index is 12.7. The summed E-state index contributed by atoms with van der Waals surface area (Å²) >= 11 is 0. The number of carbonyl (C=O) groups is 2. The fraction of sp³-hybridized carbons (Fsp3) is 0.619. The standard InChI is InChI=1S/C21H31N3O4S/c1-17-14-18(2)16-23(15-17)21(26)9-8-20(25)22-10-12-24(13-11-22)29(27,28)19-6-4-3-5-7-19/h3-7,17-18H,8-16H2,1-2H3/t17-,18-/m1/s1. The molecule has 29 heavy (non-hydrogen) atoms. The van der Waals surface area contributed by atoms with Crippen molar-refractivity contribution in [3.8, 4) is 0 Å². The van der Waals surface area contributed by atoms with Gasteiger partial charge in [-0.15, -0.1) is 0 Å². The van der Waals surface area contributed by atoms with E-state index in [1.165, 1.54) is 4.31 Å². The van der Waals surface area contributed by atoms with E-state index in [0.717, 1.165) is 19.5 Å². The third-order valence-electron chi connectivity index (χ3n) is 5.75. The van der Waals surface area contributed by atoms with Gasteiger partial charge >= 0.3 is 0 Å². The summed E-state index contributed by atoms with van der Waals surface area (Å²) in [6, 6.07) is 8.35. The van der Waals surface area contributed by atoms with E-state index in [9.17, 15) is 18.0 Å². The van der Waals surface area contributed by atoms with Gasteiger partial charge in [-0.05, 0) is 30.4 Å². The largest absolute Gasteiger partial charge is 0.342 e. The molecular formula is C21H31N3O4S. The molecule has 0 saturated carbocycles. The van der Waals surface area contributed by atoms with E-state index in [2.05, 4.69) is 13.8 Å². The van der Waals surface area contributed by atoms with Crippen molar-refractivity contribution in [2.75, 3.05) is 39.3 Å². The molecule has 2 aliphatic rings. The van der Waals surface area contributed by atoms with Crippen molar-refractivity contribution in [3.05, 3.63) is 30.3 Å². The second kappa shape index (κ2) is 9.26. The van der Waals surface area contributed by atoms with Crippen LogP contribution in [-0.4, -0.2) is 73.6 Å². The summed E-state index contributed by atoms with van der Waals surface area (Å²) < 4.78 is 26.8. The number of carbonyl (C=O) groups excluding carboxylic acids is 2. The number of nitrogens with zero attached hydrogens (tertiary/aromatic N) is 3. The number of likely N-dealkylation sites (tertiary alicyclic amines) is 1. The van der Waals surface area contributed by atoms with Crippen molar-refractivity contribution >= 4 is 21.8 Å². The zero-order valence-corrected chi connectivity index (χ0v) is 18.1. The van der Waals surface area contributed by atoms with Crippen molar-refractivity contribution in [2.45, 2.75) is 38.0 Å². The molecule has 3 rings (SSSR count). The maximum absolute atomic E-state index is 12.7. The SMILES string of the molecule is C[C@@H]1C[C@@H](C)CN(C(=O)CCC(=O)N2CCN(S(=O)(=O)c3ccccc3)CC2)C1. The molecule has 1 aromatic carbocycles. The molecular weight excluding hydrogens is 390 g/mol. The summed E-state index contributed by atoms with van der Waals surface area (Å²) in [6.07, 6.45) is 1.54. The Bertz CT molecular complexity index is 810. The van der Waals surface area contributed by atoms with Gasteiger partial charge in [0.2, 0.25) is 21.8 Å². The third kappa shape index (κ3) is 5.36. The number of hydrogen-bond acceptors (Lipinski definition) is 4. The monoisotopic (exact) mass is 421 g/mol. The zero-order chi connectivity index (χ0) is 21.0. The summed E-state index contributed by atoms with van der Waals surface area (Å²) in [6.45, 7) is 7.12. The molecule has 2 aliphatic heterocycles. The van der Waals surface area contributed by atoms with Crippen LogP contribution in [0.3, 0.4) is 0 Å². The highest BCUT2D eigenvalue weighted by Gasteiger charge is 2.30. The Labute approximate surface area is 173 Å². The van der Waals surface area contributed by atoms with E-state index in [0.29, 0.717) is 24.9 Å². The first kappa shape index (κ1) is 21.8. The Morgan fingerprint density at radius 2 is 1.38 bits per heavy atom. The lowest BCUT2D eigenvalue weighted by atomic mass is 9.91. The van der Waals surface area contributed by atoms with E-state index < -0.39 is 10.0 Å². The molecule has 0 aliphatic carbocycles. The van der Waals surface area contributed by atoms with Crippen LogP contribution in [0.2, 0.25) is 0 Å². The molecule has 0 aromatic heterocycles. The molecule has 160 valence electrons. The summed E-state index contributed by atoms with van der Waals surface area (Å²) in [7, 11) is -3.53. The second-order valence-electron chi connectivity index (χ2n) is 8.34. The smallest absolute Gasteiger partial charge is 0.243 e. The van der Waals surface area contributed by atoms with Crippen LogP contribution in [-0.2, 0) is 19.6 Å². The topological polar surface area (TPSA) is 78.0 Å². The molecule has 8 heteroatoms. The lowest BCUT2D eigenvalue weighted by molar-refractivity contribution is -0.139. The number of amides is 2. The minimum Gasteiger partial charge on any atom is -0.342 e. The van der Waals surface area contributed by atoms with Gasteiger partial charge in [0.25, 0.3) is 0 Å². The van der Waals surface area contributed by atoms with Crippen LogP contribution in [0.25, 0.3) is 0 Å². The van der Waals surface area contributed by atoms with Crippen molar-refractivity contribution < 1.29 is 18.0 Å². The van der Waals surface area contributed by atoms with Gasteiger partial charge < -0.3 is 9.80 Å². The molecule has 2 atom stereocenters. The van der Waals surface area contributed by atoms with Crippen LogP contribution in [0.4, 0.5) is 0 Å². The number of hydrogen-bond donors (Lipinski definition) is 0. The Hall–Kier alpha value is -1.93. The van der Waals surface area contributed by atoms with Gasteiger partial charge in [0.05, 0.1) is 4.90 Å². The summed E-state index contributed by atoms with van der Waals surface area (Å²) in [5.74, 6) is 0.964. The normalized spacial score (nSPS) is 23.8. The number of benzene rings is 1. The van der Waals surface area contributed by atoms with Crippen LogP contribution >= 0.6 is 0 Å². The fourth-order valence-electron chi connectivity index (χ4n) is 4.32. The van der Waals surface area contributed by atoms with E-state index in [1.54, 1.807) is 35.2 Å². The van der Waals surface area contributed by atoms with E-state index in [4.69, 9.17) is 0 Å². The molecule has 0 spiro atoms. The first-order valence-corrected chi connectivity index (χ1v) is 11.8. The third-order valence-corrected chi connectivity index (χ3v) is 7.66. The predicted octanol–water partition coefficient (Wildman–Crippen LogP) is 1.80. The number of piperidine rings is 1. The number of rotatable bonds is 5. The second-order valence-corrected chi connectivity index (χ2v) is 10.3. The minimum atomic E-state index is -3.53. The number of sulfonamides is 1. The van der Waals surface area contributed by atoms with Crippen LogP contribution < -0.4 is 0 Å². The highest BCUT2D eigenvalue weighted by atomic mass is 32.2. The maximum Gasteiger partial charge on any atom is 0.243 e. The Kier molecular flexibility index (Phi) is 6.95. The average molecular weight is 422 g/mol. The molecule has 2 heterocycles. The van der Waals surface area contributed by atoms with Gasteiger partial charge in [-0.2, -0.15) is 4.31 Å². The molecule has 7 nitrogen and oxygen atoms in total. The predicted molar refractivity (Wildman–Crippen MR) is 111 cm³/mol. The molecule has 0 unspecified atom stereocenters. The first-order chi connectivity index (χ1) is 13.8. The van der Waals surface area contributed by atoms with Gasteiger partial charge in [-0.1, -0.05) is 32.0 Å². The molecule has 0 radical (unpaired) electrons. The molecule has 2 amide bonds. The molecule has 1 aromatic rings. The molecule has 2 saturated heterocycles. The van der Waals surface area contributed by atoms with Crippen molar-refractivity contribution in [1.82, 2.24) is 14.1 Å². The highest BCUT2D eigenvalue weighted by Crippen LogP contribution is 2.22. The number of piperazine rings is 1. The summed E-state index contributed by atoms with van der Waals surface area (Å²) in [5.41, 5.74) is 0. The Balaban J connectivity index is 1.47. The minimum absolute atomic E-state index is 0.0436. The molecule has 2 fully saturated rings. The quantitative estimate of drug-likeness (QED) is 0.726. The van der Waals surface area contributed by atoms with E-state index in [-0.39, 0.29) is 42.6 Å². The van der Waals surface area contributed by atoms with Crippen LogP contribution in [0.1, 0.15) is 33.1 Å².